The fourth-order valence-corrected chi connectivity index (χ4v) is 2.20. The third-order valence-corrected chi connectivity index (χ3v) is 3.34. The molecule has 3 rings (SSSR count). The van der Waals surface area contributed by atoms with Gasteiger partial charge in [-0.2, -0.15) is 4.39 Å². The summed E-state index contributed by atoms with van der Waals surface area (Å²) >= 11 is 0. The number of nitrogens with one attached hydrogen (secondary N) is 1. The number of carbonyl (C=O) groups is 1. The zero-order valence-electron chi connectivity index (χ0n) is 12.8. The van der Waals surface area contributed by atoms with Crippen LogP contribution in [0.3, 0.4) is 0 Å². The summed E-state index contributed by atoms with van der Waals surface area (Å²) in [4.78, 5) is 26.1. The van der Waals surface area contributed by atoms with E-state index in [9.17, 15) is 19.3 Å². The Labute approximate surface area is 141 Å². The van der Waals surface area contributed by atoms with E-state index in [4.69, 9.17) is 4.42 Å². The molecule has 0 fully saturated rings. The molecule has 3 aromatic rings. The van der Waals surface area contributed by atoms with Crippen molar-refractivity contribution >= 4 is 17.3 Å². The SMILES string of the molecule is O=C(Cc1coc(-c2ccccc2)n1)Nc1ccc(F)c([N+](=O)[O-])c1. The first-order valence-corrected chi connectivity index (χ1v) is 7.26. The number of nitro benzene ring substituents is 1. The minimum atomic E-state index is -0.966. The van der Waals surface area contributed by atoms with Gasteiger partial charge in [-0.3, -0.25) is 14.9 Å². The van der Waals surface area contributed by atoms with Gasteiger partial charge in [-0.05, 0) is 24.3 Å². The summed E-state index contributed by atoms with van der Waals surface area (Å²) in [6.45, 7) is 0. The van der Waals surface area contributed by atoms with E-state index in [2.05, 4.69) is 10.3 Å². The number of aromatic nitrogens is 1. The lowest BCUT2D eigenvalue weighted by Gasteiger charge is -2.04. The summed E-state index contributed by atoms with van der Waals surface area (Å²) in [5.41, 5.74) is 0.617. The van der Waals surface area contributed by atoms with Crippen molar-refractivity contribution in [1.29, 1.82) is 0 Å². The summed E-state index contributed by atoms with van der Waals surface area (Å²) in [5.74, 6) is -1.03. The van der Waals surface area contributed by atoms with Crippen LogP contribution in [0.4, 0.5) is 15.8 Å². The Hall–Kier alpha value is -3.55. The second-order valence-electron chi connectivity index (χ2n) is 5.16. The Kier molecular flexibility index (Phi) is 4.51. The first kappa shape index (κ1) is 16.3. The maximum Gasteiger partial charge on any atom is 0.306 e. The van der Waals surface area contributed by atoms with Gasteiger partial charge in [-0.25, -0.2) is 4.98 Å². The van der Waals surface area contributed by atoms with E-state index in [-0.39, 0.29) is 12.1 Å². The fraction of sp³-hybridized carbons (Fsp3) is 0.0588. The molecule has 1 amide bonds. The topological polar surface area (TPSA) is 98.3 Å². The van der Waals surface area contributed by atoms with Crippen molar-refractivity contribution in [3.8, 4) is 11.5 Å². The second kappa shape index (κ2) is 6.91. The number of anilines is 1. The number of carbonyl (C=O) groups excluding carboxylic acids is 1. The first-order valence-electron chi connectivity index (χ1n) is 7.26. The van der Waals surface area contributed by atoms with E-state index >= 15 is 0 Å². The lowest BCUT2D eigenvalue weighted by Crippen LogP contribution is -2.14. The van der Waals surface area contributed by atoms with Crippen molar-refractivity contribution in [2.24, 2.45) is 0 Å². The van der Waals surface area contributed by atoms with Gasteiger partial charge in [0.15, 0.2) is 0 Å². The van der Waals surface area contributed by atoms with Crippen molar-refractivity contribution in [3.63, 3.8) is 0 Å². The number of hydrogen-bond acceptors (Lipinski definition) is 5. The van der Waals surface area contributed by atoms with Crippen LogP contribution in [-0.4, -0.2) is 15.8 Å². The average molecular weight is 341 g/mol. The van der Waals surface area contributed by atoms with Crippen molar-refractivity contribution < 1.29 is 18.5 Å². The predicted octanol–water partition coefficient (Wildman–Crippen LogP) is 3.57. The van der Waals surface area contributed by atoms with Gasteiger partial charge in [0.25, 0.3) is 0 Å². The van der Waals surface area contributed by atoms with Crippen LogP contribution in [0.5, 0.6) is 0 Å². The van der Waals surface area contributed by atoms with Gasteiger partial charge in [0.1, 0.15) is 6.26 Å². The number of halogens is 1. The van der Waals surface area contributed by atoms with Crippen LogP contribution in [0.25, 0.3) is 11.5 Å². The number of amides is 1. The highest BCUT2D eigenvalue weighted by molar-refractivity contribution is 5.92. The molecular weight excluding hydrogens is 329 g/mol. The molecule has 25 heavy (non-hydrogen) atoms. The van der Waals surface area contributed by atoms with Gasteiger partial charge >= 0.3 is 5.69 Å². The largest absolute Gasteiger partial charge is 0.444 e. The van der Waals surface area contributed by atoms with Crippen molar-refractivity contribution in [2.75, 3.05) is 5.32 Å². The Morgan fingerprint density at radius 3 is 2.72 bits per heavy atom. The molecule has 0 unspecified atom stereocenters. The van der Waals surface area contributed by atoms with Crippen LogP contribution in [0.1, 0.15) is 5.69 Å². The third kappa shape index (κ3) is 3.86. The minimum absolute atomic E-state index is 0.0818. The molecule has 8 heteroatoms. The highest BCUT2D eigenvalue weighted by atomic mass is 19.1. The third-order valence-electron chi connectivity index (χ3n) is 3.34. The van der Waals surface area contributed by atoms with Crippen LogP contribution < -0.4 is 5.32 Å². The first-order chi connectivity index (χ1) is 12.0. The number of nitro groups is 1. The molecule has 0 bridgehead atoms. The second-order valence-corrected chi connectivity index (χ2v) is 5.16. The summed E-state index contributed by atoms with van der Waals surface area (Å²) in [5, 5.41) is 13.2. The number of benzene rings is 2. The van der Waals surface area contributed by atoms with E-state index in [1.165, 1.54) is 12.3 Å². The molecule has 0 radical (unpaired) electrons. The summed E-state index contributed by atoms with van der Waals surface area (Å²) < 4.78 is 18.6. The van der Waals surface area contributed by atoms with Crippen molar-refractivity contribution in [2.45, 2.75) is 6.42 Å². The quantitative estimate of drug-likeness (QED) is 0.565. The van der Waals surface area contributed by atoms with Gasteiger partial charge in [-0.1, -0.05) is 18.2 Å². The van der Waals surface area contributed by atoms with E-state index in [1.807, 2.05) is 30.3 Å². The molecule has 0 aliphatic rings. The molecule has 1 aromatic heterocycles. The van der Waals surface area contributed by atoms with Gasteiger partial charge in [-0.15, -0.1) is 0 Å². The number of hydrogen-bond donors (Lipinski definition) is 1. The standard InChI is InChI=1S/C17H12FN3O4/c18-14-7-6-12(8-15(14)21(23)24)19-16(22)9-13-10-25-17(20-13)11-4-2-1-3-5-11/h1-8,10H,9H2,(H,19,22). The maximum absolute atomic E-state index is 13.3. The average Bonchev–Trinajstić information content (AvgIpc) is 3.05. The number of oxazole rings is 1. The maximum atomic E-state index is 13.3. The van der Waals surface area contributed by atoms with Gasteiger partial charge in [0, 0.05) is 17.3 Å². The summed E-state index contributed by atoms with van der Waals surface area (Å²) in [6, 6.07) is 12.3. The van der Waals surface area contributed by atoms with Crippen LogP contribution in [0.15, 0.2) is 59.2 Å². The molecule has 2 aromatic carbocycles. The smallest absolute Gasteiger partial charge is 0.306 e. The van der Waals surface area contributed by atoms with E-state index < -0.39 is 22.3 Å². The lowest BCUT2D eigenvalue weighted by atomic mass is 10.2. The molecule has 126 valence electrons. The van der Waals surface area contributed by atoms with E-state index in [0.717, 1.165) is 17.7 Å². The van der Waals surface area contributed by atoms with Crippen molar-refractivity contribution in [3.05, 3.63) is 76.4 Å². The molecule has 0 saturated carbocycles. The molecule has 0 atom stereocenters. The van der Waals surface area contributed by atoms with Crippen LogP contribution in [-0.2, 0) is 11.2 Å². The lowest BCUT2D eigenvalue weighted by molar-refractivity contribution is -0.387. The Morgan fingerprint density at radius 1 is 1.24 bits per heavy atom. The normalized spacial score (nSPS) is 10.4. The van der Waals surface area contributed by atoms with Crippen LogP contribution in [0, 0.1) is 15.9 Å². The van der Waals surface area contributed by atoms with Crippen molar-refractivity contribution in [1.82, 2.24) is 4.98 Å². The minimum Gasteiger partial charge on any atom is -0.444 e. The Bertz CT molecular complexity index is 925. The molecule has 1 N–H and O–H groups in total. The highest BCUT2D eigenvalue weighted by Gasteiger charge is 2.16. The summed E-state index contributed by atoms with van der Waals surface area (Å²) in [7, 11) is 0. The molecular formula is C17H12FN3O4. The van der Waals surface area contributed by atoms with Gasteiger partial charge in [0.05, 0.1) is 17.0 Å². The molecule has 0 aliphatic carbocycles. The zero-order chi connectivity index (χ0) is 17.8. The fourth-order valence-electron chi connectivity index (χ4n) is 2.20. The van der Waals surface area contributed by atoms with E-state index in [0.29, 0.717) is 11.6 Å². The molecule has 1 heterocycles. The van der Waals surface area contributed by atoms with Crippen LogP contribution in [0.2, 0.25) is 0 Å². The highest BCUT2D eigenvalue weighted by Crippen LogP contribution is 2.22. The van der Waals surface area contributed by atoms with Gasteiger partial charge in [0.2, 0.25) is 17.6 Å². The molecule has 0 aliphatic heterocycles. The molecule has 0 spiro atoms. The number of rotatable bonds is 5. The molecule has 0 saturated heterocycles. The van der Waals surface area contributed by atoms with Crippen LogP contribution >= 0.6 is 0 Å². The van der Waals surface area contributed by atoms with Gasteiger partial charge < -0.3 is 9.73 Å². The van der Waals surface area contributed by atoms with E-state index in [1.54, 1.807) is 0 Å². The Morgan fingerprint density at radius 2 is 2.00 bits per heavy atom. The Balaban J connectivity index is 1.68. The monoisotopic (exact) mass is 341 g/mol. The molecule has 7 nitrogen and oxygen atoms in total. The zero-order valence-corrected chi connectivity index (χ0v) is 12.8. The number of nitrogens with zero attached hydrogens (tertiary/aromatic N) is 2. The summed E-state index contributed by atoms with van der Waals surface area (Å²) in [6.07, 6.45) is 1.29. The predicted molar refractivity (Wildman–Crippen MR) is 87.3 cm³/mol.